The maximum atomic E-state index is 13.8. The van der Waals surface area contributed by atoms with Crippen molar-refractivity contribution < 1.29 is 77.6 Å². The Balaban J connectivity index is 1.89. The van der Waals surface area contributed by atoms with Crippen LogP contribution in [0.2, 0.25) is 0 Å². The second-order valence-corrected chi connectivity index (χ2v) is 20.2. The van der Waals surface area contributed by atoms with E-state index in [1.165, 1.54) is 18.2 Å². The van der Waals surface area contributed by atoms with Gasteiger partial charge < -0.3 is 25.2 Å². The second kappa shape index (κ2) is 19.2. The summed E-state index contributed by atoms with van der Waals surface area (Å²) in [6.07, 6.45) is 4.79. The number of rotatable bonds is 21. The molecule has 2 aromatic rings. The fraction of sp³-hybridized carbons (Fsp3) is 0.444. The van der Waals surface area contributed by atoms with Gasteiger partial charge in [0.05, 0.1) is 38.2 Å². The van der Waals surface area contributed by atoms with Crippen LogP contribution >= 0.6 is 12.0 Å². The molecule has 330 valence electrons. The van der Waals surface area contributed by atoms with Crippen molar-refractivity contribution in [3.05, 3.63) is 82.1 Å². The zero-order valence-corrected chi connectivity index (χ0v) is 36.2. The molecule has 0 saturated carbocycles. The van der Waals surface area contributed by atoms with Crippen molar-refractivity contribution in [2.24, 2.45) is 0 Å². The van der Waals surface area contributed by atoms with E-state index in [1.54, 1.807) is 67.5 Å². The van der Waals surface area contributed by atoms with Crippen LogP contribution in [-0.4, -0.2) is 127 Å². The van der Waals surface area contributed by atoms with E-state index >= 15 is 0 Å². The highest BCUT2D eigenvalue weighted by atomic mass is 32.2. The Morgan fingerprint density at radius 2 is 1.55 bits per heavy atom. The number of carboxylic acids is 1. The third-order valence-corrected chi connectivity index (χ3v) is 12.7. The van der Waals surface area contributed by atoms with Crippen LogP contribution in [-0.2, 0) is 50.6 Å². The number of carbonyl (C=O) groups is 3. The number of fused-ring (bicyclic) bond motifs is 2. The average Bonchev–Trinajstić information content (AvgIpc) is 3.47. The average molecular weight is 919 g/mol. The van der Waals surface area contributed by atoms with Crippen molar-refractivity contribution in [1.29, 1.82) is 0 Å². The van der Waals surface area contributed by atoms with Crippen LogP contribution in [0.3, 0.4) is 0 Å². The molecule has 20 nitrogen and oxygen atoms in total. The molecule has 0 spiro atoms. The molecule has 24 heteroatoms. The minimum atomic E-state index is -4.67. The first-order valence-electron chi connectivity index (χ1n) is 18.2. The molecule has 0 saturated heterocycles. The molecule has 2 aliphatic rings. The fourth-order valence-corrected chi connectivity index (χ4v) is 9.10. The Morgan fingerprint density at radius 3 is 2.17 bits per heavy atom. The third-order valence-electron chi connectivity index (χ3n) is 9.85. The van der Waals surface area contributed by atoms with Gasteiger partial charge in [0.2, 0.25) is 5.69 Å². The second-order valence-electron chi connectivity index (χ2n) is 14.8. The Kier molecular flexibility index (Phi) is 15.5. The van der Waals surface area contributed by atoms with Crippen LogP contribution in [0.5, 0.6) is 0 Å². The lowest BCUT2D eigenvalue weighted by Gasteiger charge is -2.27. The predicted molar refractivity (Wildman–Crippen MR) is 219 cm³/mol. The highest BCUT2D eigenvalue weighted by Crippen LogP contribution is 2.50. The van der Waals surface area contributed by atoms with Gasteiger partial charge in [0.1, 0.15) is 6.54 Å². The van der Waals surface area contributed by atoms with E-state index in [4.69, 9.17) is 5.26 Å². The summed E-state index contributed by atoms with van der Waals surface area (Å²) in [5, 5.41) is 27.0. The lowest BCUT2D eigenvalue weighted by atomic mass is 9.78. The topological polar surface area (TPSA) is 306 Å². The number of carbonyl (C=O) groups excluding carboxylic acids is 2. The first kappa shape index (κ1) is 48.4. The number of allylic oxidation sites excluding steroid dienone is 4. The molecule has 4 rings (SSSR count). The quantitative estimate of drug-likeness (QED) is 0.0262. The van der Waals surface area contributed by atoms with Gasteiger partial charge in [-0.3, -0.25) is 18.7 Å². The zero-order chi connectivity index (χ0) is 44.8. The maximum absolute atomic E-state index is 13.8. The molecule has 0 aliphatic carbocycles. The number of nitrogens with zero attached hydrogens (tertiary/aromatic N) is 2. The van der Waals surface area contributed by atoms with Gasteiger partial charge in [-0.25, -0.2) is 18.5 Å². The van der Waals surface area contributed by atoms with E-state index in [0.29, 0.717) is 40.3 Å². The summed E-state index contributed by atoms with van der Waals surface area (Å²) >= 11 is 0.678. The molecule has 60 heavy (non-hydrogen) atoms. The zero-order valence-electron chi connectivity index (χ0n) is 32.9. The molecular formula is C36H46N4O16S4. The molecule has 0 radical (unpaired) electrons. The number of hydrogen-bond donors (Lipinski definition) is 6. The number of aromatic carboxylic acids is 1. The molecule has 0 aromatic heterocycles. The van der Waals surface area contributed by atoms with Crippen LogP contribution in [0.15, 0.2) is 54.3 Å². The van der Waals surface area contributed by atoms with Crippen molar-refractivity contribution in [2.45, 2.75) is 51.4 Å². The number of hydrogen-bond acceptors (Lipinski definition) is 15. The number of carboxylic acid groups (broad SMARTS) is 1. The molecular weight excluding hydrogens is 873 g/mol. The van der Waals surface area contributed by atoms with Gasteiger partial charge in [0, 0.05) is 95.2 Å². The summed E-state index contributed by atoms with van der Waals surface area (Å²) in [6, 6.07) is 7.47. The van der Waals surface area contributed by atoms with Gasteiger partial charge in [0.25, 0.3) is 32.1 Å². The maximum Gasteiger partial charge on any atom is 0.336 e. The molecule has 2 amide bonds. The van der Waals surface area contributed by atoms with Gasteiger partial charge in [-0.1, -0.05) is 31.0 Å². The number of anilines is 1. The van der Waals surface area contributed by atoms with Gasteiger partial charge in [-0.05, 0) is 44.5 Å². The monoisotopic (exact) mass is 918 g/mol. The van der Waals surface area contributed by atoms with E-state index in [0.717, 1.165) is 0 Å². The van der Waals surface area contributed by atoms with Crippen molar-refractivity contribution in [2.75, 3.05) is 54.1 Å². The summed E-state index contributed by atoms with van der Waals surface area (Å²) in [4.78, 5) is 41.3. The van der Waals surface area contributed by atoms with E-state index in [-0.39, 0.29) is 60.6 Å². The number of benzene rings is 2. The minimum Gasteiger partial charge on any atom is -0.748 e. The van der Waals surface area contributed by atoms with Crippen LogP contribution in [0.25, 0.3) is 0 Å². The standard InChI is InChI=1S/C36H46N4O16S4/c1-35(2)28(39(15-7-18-58(46,47)48)26-10-5-9-24(30(26)35)34(43)44)11-6-12-29-36(3,4)31-25(33(42)38-14-20-60(52,53)54)21-23(32(41)37-13-17-57-56-55-45)22-27(31)40(29)16-8-19-59(49,50)51/h5-6,9-12,21-22H,7-8,13-20H2,1-4H3,(H6-,37,38,41,42,43,44,45,46,47,48,49,50,51,52,53,54). The summed E-state index contributed by atoms with van der Waals surface area (Å²) in [7, 11) is -13.5. The molecule has 0 unspecified atom stereocenters. The summed E-state index contributed by atoms with van der Waals surface area (Å²) in [6.45, 7) is 6.57. The van der Waals surface area contributed by atoms with E-state index in [1.807, 2.05) is 0 Å². The summed E-state index contributed by atoms with van der Waals surface area (Å²) in [5.41, 5.74) is 0.461. The van der Waals surface area contributed by atoms with Crippen LogP contribution < -0.4 is 15.5 Å². The Labute approximate surface area is 351 Å². The Bertz CT molecular complexity index is 2450. The van der Waals surface area contributed by atoms with Crippen LogP contribution in [0, 0.1) is 0 Å². The molecule has 6 N–H and O–H groups in total. The smallest absolute Gasteiger partial charge is 0.336 e. The number of nitrogens with one attached hydrogen (secondary N) is 2. The number of amides is 2. The Hall–Kier alpha value is -4.24. The predicted octanol–water partition coefficient (Wildman–Crippen LogP) is 2.63. The summed E-state index contributed by atoms with van der Waals surface area (Å²) in [5.74, 6) is -4.65. The van der Waals surface area contributed by atoms with Crippen LogP contribution in [0.1, 0.15) is 82.7 Å². The fourth-order valence-electron chi connectivity index (χ4n) is 7.46. The van der Waals surface area contributed by atoms with Crippen molar-refractivity contribution in [3.8, 4) is 0 Å². The Morgan fingerprint density at radius 1 is 0.883 bits per heavy atom. The van der Waals surface area contributed by atoms with E-state index < -0.39 is 82.8 Å². The van der Waals surface area contributed by atoms with E-state index in [9.17, 15) is 58.4 Å². The van der Waals surface area contributed by atoms with Gasteiger partial charge >= 0.3 is 5.97 Å². The first-order chi connectivity index (χ1) is 27.8. The van der Waals surface area contributed by atoms with E-state index in [2.05, 4.69) is 20.0 Å². The van der Waals surface area contributed by atoms with Crippen LogP contribution in [0.4, 0.5) is 11.4 Å². The molecule has 2 aromatic carbocycles. The van der Waals surface area contributed by atoms with Gasteiger partial charge in [0.15, 0.2) is 5.71 Å². The summed E-state index contributed by atoms with van der Waals surface area (Å²) < 4.78 is 106. The normalized spacial score (nSPS) is 16.7. The van der Waals surface area contributed by atoms with Gasteiger partial charge in [-0.15, -0.1) is 4.33 Å². The highest BCUT2D eigenvalue weighted by molar-refractivity contribution is 7.94. The molecule has 2 heterocycles. The first-order valence-corrected chi connectivity index (χ1v) is 23.9. The molecule has 2 aliphatic heterocycles. The minimum absolute atomic E-state index is 0.00614. The molecule has 0 bridgehead atoms. The lowest BCUT2D eigenvalue weighted by molar-refractivity contribution is -0.437. The third kappa shape index (κ3) is 12.0. The lowest BCUT2D eigenvalue weighted by Crippen LogP contribution is -2.32. The molecule has 0 atom stereocenters. The SMILES string of the molecule is CC1(C)C(/C=C/C=C2/N(CCCS(=O)(=O)[O-])c3cc(C(=O)NCCSOOO)cc(C(=O)NCCS(=O)(=O)O)c3C2(C)C)=[N+](CCCS(=O)(=O)O)c2cccc(C(=O)O)c21. The highest BCUT2D eigenvalue weighted by Gasteiger charge is 2.47. The van der Waals surface area contributed by atoms with Crippen molar-refractivity contribution >= 4 is 77.3 Å². The van der Waals surface area contributed by atoms with Crippen molar-refractivity contribution in [3.63, 3.8) is 0 Å². The van der Waals surface area contributed by atoms with Gasteiger partial charge in [-0.2, -0.15) is 21.4 Å². The van der Waals surface area contributed by atoms with Crippen molar-refractivity contribution in [1.82, 2.24) is 10.6 Å². The largest absolute Gasteiger partial charge is 0.748 e. The molecule has 0 fully saturated rings.